The maximum absolute atomic E-state index is 13.0. The number of amides is 2. The average molecular weight is 390 g/mol. The third kappa shape index (κ3) is 4.40. The van der Waals surface area contributed by atoms with Gasteiger partial charge in [0.15, 0.2) is 6.04 Å². The fourth-order valence-corrected chi connectivity index (χ4v) is 3.14. The van der Waals surface area contributed by atoms with E-state index in [-0.39, 0.29) is 18.3 Å². The van der Waals surface area contributed by atoms with Crippen molar-refractivity contribution in [1.82, 2.24) is 0 Å². The van der Waals surface area contributed by atoms with Gasteiger partial charge in [-0.15, -0.1) is 0 Å². The van der Waals surface area contributed by atoms with Gasteiger partial charge < -0.3 is 22.9 Å². The molecular formula is C20H24ClN3O3. The molecule has 0 saturated carbocycles. The lowest BCUT2D eigenvalue weighted by Gasteiger charge is -2.26. The van der Waals surface area contributed by atoms with Gasteiger partial charge in [-0.05, 0) is 56.0 Å². The van der Waals surface area contributed by atoms with E-state index in [4.69, 9.17) is 4.74 Å². The number of hydrogen-bond acceptors (Lipinski definition) is 3. The van der Waals surface area contributed by atoms with Crippen LogP contribution in [0.5, 0.6) is 0 Å². The molecule has 144 valence electrons. The highest BCUT2D eigenvalue weighted by molar-refractivity contribution is 6.04. The summed E-state index contributed by atoms with van der Waals surface area (Å²) in [6.07, 6.45) is 1.16. The molecule has 1 aliphatic rings. The summed E-state index contributed by atoms with van der Waals surface area (Å²) in [7, 11) is 0. The van der Waals surface area contributed by atoms with E-state index in [9.17, 15) is 9.59 Å². The third-order valence-electron chi connectivity index (χ3n) is 4.39. The number of hydrogen-bond donors (Lipinski definition) is 2. The second kappa shape index (κ2) is 8.88. The number of aryl methyl sites for hydroxylation is 2. The maximum Gasteiger partial charge on any atom is 0.411 e. The molecule has 1 unspecified atom stereocenters. The summed E-state index contributed by atoms with van der Waals surface area (Å²) in [5, 5.41) is 2.71. The molecule has 0 radical (unpaired) electrons. The number of nitrogens with zero attached hydrogens (tertiary/aromatic N) is 1. The molecule has 0 fully saturated rings. The molecule has 27 heavy (non-hydrogen) atoms. The largest absolute Gasteiger partial charge is 1.00 e. The van der Waals surface area contributed by atoms with E-state index in [1.165, 1.54) is 0 Å². The third-order valence-corrected chi connectivity index (χ3v) is 4.39. The monoisotopic (exact) mass is 389 g/mol. The van der Waals surface area contributed by atoms with Crippen molar-refractivity contribution in [1.29, 1.82) is 0 Å². The quantitative estimate of drug-likeness (QED) is 0.752. The number of carbonyl (C=O) groups is 2. The highest BCUT2D eigenvalue weighted by Gasteiger charge is 2.29. The SMILES string of the molecule is CCOC(=O)Nc1ccc2c(c1)N(C(=O)C(C)[NH3+])c1ccccc1CC2.[Cl-]. The number of anilines is 3. The fraction of sp³-hybridized carbons (Fsp3) is 0.300. The molecule has 2 aromatic carbocycles. The molecule has 7 heteroatoms. The smallest absolute Gasteiger partial charge is 0.411 e. The lowest BCUT2D eigenvalue weighted by Crippen LogP contribution is -3.00. The minimum atomic E-state index is -0.509. The van der Waals surface area contributed by atoms with Gasteiger partial charge in [-0.25, -0.2) is 4.79 Å². The van der Waals surface area contributed by atoms with Crippen molar-refractivity contribution in [3.05, 3.63) is 53.6 Å². The van der Waals surface area contributed by atoms with Crippen molar-refractivity contribution in [3.8, 4) is 0 Å². The van der Waals surface area contributed by atoms with Crippen molar-refractivity contribution in [2.45, 2.75) is 32.7 Å². The summed E-state index contributed by atoms with van der Waals surface area (Å²) in [5.41, 5.74) is 8.34. The van der Waals surface area contributed by atoms with Crippen molar-refractivity contribution in [2.75, 3.05) is 16.8 Å². The number of benzene rings is 2. The number of rotatable bonds is 3. The summed E-state index contributed by atoms with van der Waals surface area (Å²) in [6, 6.07) is 13.1. The molecule has 0 bridgehead atoms. The van der Waals surface area contributed by atoms with Crippen LogP contribution in [-0.2, 0) is 22.4 Å². The van der Waals surface area contributed by atoms with Crippen molar-refractivity contribution >= 4 is 29.1 Å². The van der Waals surface area contributed by atoms with Gasteiger partial charge >= 0.3 is 6.09 Å². The number of nitrogens with one attached hydrogen (secondary N) is 1. The van der Waals surface area contributed by atoms with Gasteiger partial charge in [0.2, 0.25) is 0 Å². The van der Waals surface area contributed by atoms with Gasteiger partial charge in [-0.1, -0.05) is 24.3 Å². The molecule has 2 aromatic rings. The molecule has 1 heterocycles. The Morgan fingerprint density at radius 1 is 1.15 bits per heavy atom. The molecule has 0 saturated heterocycles. The summed E-state index contributed by atoms with van der Waals surface area (Å²) >= 11 is 0. The maximum atomic E-state index is 13.0. The standard InChI is InChI=1S/C20H23N3O3.ClH/c1-3-26-20(25)22-16-11-10-15-9-8-14-6-4-5-7-17(14)23(18(15)12-16)19(24)13(2)21;/h4-7,10-13H,3,8-9,21H2,1-2H3,(H,22,25);1H. The van der Waals surface area contributed by atoms with E-state index < -0.39 is 12.1 Å². The summed E-state index contributed by atoms with van der Waals surface area (Å²) in [5.74, 6) is -0.0751. The minimum Gasteiger partial charge on any atom is -1.00 e. The van der Waals surface area contributed by atoms with Gasteiger partial charge in [0.25, 0.3) is 5.91 Å². The number of ether oxygens (including phenoxy) is 1. The molecule has 0 aromatic heterocycles. The highest BCUT2D eigenvalue weighted by Crippen LogP contribution is 2.37. The van der Waals surface area contributed by atoms with Gasteiger partial charge in [0, 0.05) is 5.69 Å². The topological polar surface area (TPSA) is 86.3 Å². The second-order valence-corrected chi connectivity index (χ2v) is 6.39. The van der Waals surface area contributed by atoms with Crippen LogP contribution in [0.15, 0.2) is 42.5 Å². The highest BCUT2D eigenvalue weighted by atomic mass is 35.5. The van der Waals surface area contributed by atoms with Crippen LogP contribution in [0.4, 0.5) is 21.9 Å². The van der Waals surface area contributed by atoms with Gasteiger partial charge in [0.1, 0.15) is 0 Å². The van der Waals surface area contributed by atoms with E-state index >= 15 is 0 Å². The molecule has 1 aliphatic heterocycles. The Morgan fingerprint density at radius 2 is 1.81 bits per heavy atom. The van der Waals surface area contributed by atoms with Crippen LogP contribution >= 0.6 is 0 Å². The van der Waals surface area contributed by atoms with Crippen LogP contribution in [0.25, 0.3) is 0 Å². The van der Waals surface area contributed by atoms with Crippen LogP contribution in [-0.4, -0.2) is 24.6 Å². The number of quaternary nitrogens is 1. The van der Waals surface area contributed by atoms with E-state index in [2.05, 4.69) is 11.1 Å². The zero-order valence-electron chi connectivity index (χ0n) is 15.5. The normalized spacial score (nSPS) is 13.4. The first kappa shape index (κ1) is 20.7. The van der Waals surface area contributed by atoms with Crippen molar-refractivity contribution in [2.24, 2.45) is 0 Å². The average Bonchev–Trinajstić information content (AvgIpc) is 2.77. The Morgan fingerprint density at radius 3 is 2.48 bits per heavy atom. The summed E-state index contributed by atoms with van der Waals surface area (Å²) in [6.45, 7) is 3.84. The molecular weight excluding hydrogens is 366 g/mol. The molecule has 2 amide bonds. The van der Waals surface area contributed by atoms with Crippen molar-refractivity contribution < 1.29 is 32.5 Å². The Balaban J connectivity index is 0.00000261. The molecule has 0 spiro atoms. The van der Waals surface area contributed by atoms with E-state index in [1.54, 1.807) is 18.7 Å². The van der Waals surface area contributed by atoms with Gasteiger partial charge in [-0.2, -0.15) is 0 Å². The first-order valence-corrected chi connectivity index (χ1v) is 8.83. The lowest BCUT2D eigenvalue weighted by molar-refractivity contribution is -0.397. The van der Waals surface area contributed by atoms with Crippen molar-refractivity contribution in [3.63, 3.8) is 0 Å². The first-order chi connectivity index (χ1) is 12.5. The second-order valence-electron chi connectivity index (χ2n) is 6.39. The first-order valence-electron chi connectivity index (χ1n) is 8.83. The van der Waals surface area contributed by atoms with Crippen LogP contribution < -0.4 is 28.4 Å². The molecule has 3 rings (SSSR count). The Bertz CT molecular complexity index is 839. The van der Waals surface area contributed by atoms with Gasteiger partial charge in [0.05, 0.1) is 18.0 Å². The Kier molecular flexibility index (Phi) is 6.82. The number of halogens is 1. The van der Waals surface area contributed by atoms with E-state index in [0.717, 1.165) is 35.3 Å². The van der Waals surface area contributed by atoms with Crippen LogP contribution in [0.3, 0.4) is 0 Å². The molecule has 4 N–H and O–H groups in total. The van der Waals surface area contributed by atoms with Crippen LogP contribution in [0.2, 0.25) is 0 Å². The zero-order valence-corrected chi connectivity index (χ0v) is 16.3. The molecule has 6 nitrogen and oxygen atoms in total. The van der Waals surface area contributed by atoms with Gasteiger partial charge in [-0.3, -0.25) is 15.0 Å². The number of para-hydroxylation sites is 1. The van der Waals surface area contributed by atoms with E-state index in [1.807, 2.05) is 42.5 Å². The Hall–Kier alpha value is -2.57. The molecule has 0 aliphatic carbocycles. The molecule has 1 atom stereocenters. The fourth-order valence-electron chi connectivity index (χ4n) is 3.14. The van der Waals surface area contributed by atoms with E-state index in [0.29, 0.717) is 12.3 Å². The number of fused-ring (bicyclic) bond motifs is 2. The predicted octanol–water partition coefficient (Wildman–Crippen LogP) is -0.347. The summed E-state index contributed by atoms with van der Waals surface area (Å²) in [4.78, 5) is 26.4. The predicted molar refractivity (Wildman–Crippen MR) is 100 cm³/mol. The summed E-state index contributed by atoms with van der Waals surface area (Å²) < 4.78 is 4.94. The zero-order chi connectivity index (χ0) is 18.7. The Labute approximate surface area is 165 Å². The minimum absolute atomic E-state index is 0. The van der Waals surface area contributed by atoms with Crippen LogP contribution in [0.1, 0.15) is 25.0 Å². The lowest BCUT2D eigenvalue weighted by atomic mass is 10.0. The number of carbonyl (C=O) groups excluding carboxylic acids is 2. The van der Waals surface area contributed by atoms with Crippen LogP contribution in [0, 0.1) is 0 Å².